The van der Waals surface area contributed by atoms with Gasteiger partial charge in [0.15, 0.2) is 0 Å². The third-order valence-electron chi connectivity index (χ3n) is 4.30. The van der Waals surface area contributed by atoms with E-state index >= 15 is 0 Å². The molecule has 1 N–H and O–H groups in total. The van der Waals surface area contributed by atoms with Gasteiger partial charge < -0.3 is 14.7 Å². The number of morpholine rings is 1. The first-order chi connectivity index (χ1) is 10.1. The van der Waals surface area contributed by atoms with Crippen molar-refractivity contribution in [2.24, 2.45) is 0 Å². The molecule has 2 aliphatic rings. The number of hydrogen-bond acceptors (Lipinski definition) is 4. The van der Waals surface area contributed by atoms with Crippen LogP contribution >= 0.6 is 0 Å². The van der Waals surface area contributed by atoms with Gasteiger partial charge in [0.05, 0.1) is 19.3 Å². The third kappa shape index (κ3) is 3.10. The summed E-state index contributed by atoms with van der Waals surface area (Å²) < 4.78 is 5.32. The summed E-state index contributed by atoms with van der Waals surface area (Å²) in [6.45, 7) is 6.21. The van der Waals surface area contributed by atoms with E-state index < -0.39 is 6.10 Å². The summed E-state index contributed by atoms with van der Waals surface area (Å²) in [7, 11) is 0. The van der Waals surface area contributed by atoms with Gasteiger partial charge in [-0.1, -0.05) is 12.1 Å². The van der Waals surface area contributed by atoms with Gasteiger partial charge in [0.25, 0.3) is 0 Å². The molecule has 1 amide bonds. The van der Waals surface area contributed by atoms with Crippen LogP contribution in [0, 0.1) is 0 Å². The number of amides is 1. The number of fused-ring (bicyclic) bond motifs is 1. The van der Waals surface area contributed by atoms with Gasteiger partial charge in [-0.05, 0) is 23.6 Å². The standard InChI is InChI=1S/C16H22N2O3/c1-12(19)18-5-4-13-10-14(2-3-15(13)18)16(20)11-17-6-8-21-9-7-17/h2-3,10,16,20H,4-9,11H2,1H3. The summed E-state index contributed by atoms with van der Waals surface area (Å²) in [5, 5.41) is 10.4. The lowest BCUT2D eigenvalue weighted by molar-refractivity contribution is -0.116. The van der Waals surface area contributed by atoms with Crippen molar-refractivity contribution in [1.29, 1.82) is 0 Å². The van der Waals surface area contributed by atoms with Crippen LogP contribution in [0.2, 0.25) is 0 Å². The van der Waals surface area contributed by atoms with Gasteiger partial charge in [0.1, 0.15) is 0 Å². The van der Waals surface area contributed by atoms with Crippen molar-refractivity contribution in [1.82, 2.24) is 4.90 Å². The summed E-state index contributed by atoms with van der Waals surface area (Å²) in [6.07, 6.45) is 0.382. The average molecular weight is 290 g/mol. The second-order valence-corrected chi connectivity index (χ2v) is 5.74. The van der Waals surface area contributed by atoms with Gasteiger partial charge in [-0.2, -0.15) is 0 Å². The minimum atomic E-state index is -0.486. The summed E-state index contributed by atoms with van der Waals surface area (Å²) in [5.74, 6) is 0.0790. The normalized spacial score (nSPS) is 20.4. The Morgan fingerprint density at radius 1 is 1.33 bits per heavy atom. The van der Waals surface area contributed by atoms with Gasteiger partial charge in [-0.25, -0.2) is 0 Å². The number of anilines is 1. The molecular formula is C16H22N2O3. The highest BCUT2D eigenvalue weighted by Gasteiger charge is 2.24. The Hall–Kier alpha value is -1.43. The summed E-state index contributed by atoms with van der Waals surface area (Å²) in [5.41, 5.74) is 3.08. The van der Waals surface area contributed by atoms with Gasteiger partial charge >= 0.3 is 0 Å². The lowest BCUT2D eigenvalue weighted by Gasteiger charge is -2.28. The maximum Gasteiger partial charge on any atom is 0.223 e. The van der Waals surface area contributed by atoms with Crippen LogP contribution in [0.15, 0.2) is 18.2 Å². The molecule has 0 spiro atoms. The monoisotopic (exact) mass is 290 g/mol. The molecule has 3 rings (SSSR count). The zero-order valence-corrected chi connectivity index (χ0v) is 12.4. The molecule has 114 valence electrons. The highest BCUT2D eigenvalue weighted by Crippen LogP contribution is 2.30. The smallest absolute Gasteiger partial charge is 0.223 e. The van der Waals surface area contributed by atoms with E-state index in [1.165, 1.54) is 0 Å². The van der Waals surface area contributed by atoms with Crippen molar-refractivity contribution in [2.75, 3.05) is 44.3 Å². The molecule has 1 fully saturated rings. The lowest BCUT2D eigenvalue weighted by Crippen LogP contribution is -2.38. The quantitative estimate of drug-likeness (QED) is 0.901. The molecule has 1 aromatic carbocycles. The van der Waals surface area contributed by atoms with Gasteiger partial charge in [-0.15, -0.1) is 0 Å². The Morgan fingerprint density at radius 2 is 2.10 bits per heavy atom. The predicted octanol–water partition coefficient (Wildman–Crippen LogP) is 0.961. The van der Waals surface area contributed by atoms with Crippen molar-refractivity contribution in [3.63, 3.8) is 0 Å². The van der Waals surface area contributed by atoms with E-state index in [9.17, 15) is 9.90 Å². The molecule has 0 bridgehead atoms. The van der Waals surface area contributed by atoms with Crippen LogP contribution in [-0.4, -0.2) is 55.3 Å². The first-order valence-corrected chi connectivity index (χ1v) is 7.54. The number of aliphatic hydroxyl groups excluding tert-OH is 1. The molecule has 0 saturated carbocycles. The van der Waals surface area contributed by atoms with Crippen molar-refractivity contribution in [2.45, 2.75) is 19.4 Å². The number of ether oxygens (including phenoxy) is 1. The molecule has 1 unspecified atom stereocenters. The predicted molar refractivity (Wildman–Crippen MR) is 80.4 cm³/mol. The van der Waals surface area contributed by atoms with E-state index in [1.807, 2.05) is 18.2 Å². The molecule has 5 heteroatoms. The highest BCUT2D eigenvalue weighted by molar-refractivity contribution is 5.93. The highest BCUT2D eigenvalue weighted by atomic mass is 16.5. The Kier molecular flexibility index (Phi) is 4.24. The van der Waals surface area contributed by atoms with Gasteiger partial charge in [0.2, 0.25) is 5.91 Å². The third-order valence-corrected chi connectivity index (χ3v) is 4.30. The van der Waals surface area contributed by atoms with E-state index in [0.29, 0.717) is 6.54 Å². The summed E-state index contributed by atoms with van der Waals surface area (Å²) >= 11 is 0. The molecule has 1 atom stereocenters. The number of β-amino-alcohol motifs (C(OH)–C–C–N with tert-alkyl or cyclic N) is 1. The molecule has 0 aromatic heterocycles. The Labute approximate surface area is 125 Å². The first kappa shape index (κ1) is 14.5. The van der Waals surface area contributed by atoms with Crippen LogP contribution in [-0.2, 0) is 16.0 Å². The van der Waals surface area contributed by atoms with Crippen molar-refractivity contribution in [3.8, 4) is 0 Å². The number of carbonyl (C=O) groups excluding carboxylic acids is 1. The van der Waals surface area contributed by atoms with E-state index in [1.54, 1.807) is 11.8 Å². The summed E-state index contributed by atoms with van der Waals surface area (Å²) in [6, 6.07) is 5.94. The van der Waals surface area contributed by atoms with Crippen LogP contribution in [0.1, 0.15) is 24.2 Å². The largest absolute Gasteiger partial charge is 0.387 e. The van der Waals surface area contributed by atoms with Crippen LogP contribution in [0.4, 0.5) is 5.69 Å². The molecule has 0 radical (unpaired) electrons. The van der Waals surface area contributed by atoms with Crippen LogP contribution in [0.5, 0.6) is 0 Å². The fourth-order valence-corrected chi connectivity index (χ4v) is 3.09. The van der Waals surface area contributed by atoms with E-state index in [2.05, 4.69) is 4.90 Å². The maximum atomic E-state index is 11.5. The molecule has 2 heterocycles. The average Bonchev–Trinajstić information content (AvgIpc) is 2.91. The SMILES string of the molecule is CC(=O)N1CCc2cc(C(O)CN3CCOCC3)ccc21. The number of nitrogens with zero attached hydrogens (tertiary/aromatic N) is 2. The molecule has 5 nitrogen and oxygen atoms in total. The molecule has 1 aromatic rings. The Bertz CT molecular complexity index is 526. The minimum Gasteiger partial charge on any atom is -0.387 e. The van der Waals surface area contributed by atoms with Crippen molar-refractivity contribution >= 4 is 11.6 Å². The first-order valence-electron chi connectivity index (χ1n) is 7.54. The number of carbonyl (C=O) groups is 1. The fourth-order valence-electron chi connectivity index (χ4n) is 3.09. The molecular weight excluding hydrogens is 268 g/mol. The van der Waals surface area contributed by atoms with E-state index in [4.69, 9.17) is 4.74 Å². The Morgan fingerprint density at radius 3 is 2.81 bits per heavy atom. The fraction of sp³-hybridized carbons (Fsp3) is 0.562. The van der Waals surface area contributed by atoms with Crippen LogP contribution in [0.3, 0.4) is 0 Å². The van der Waals surface area contributed by atoms with Crippen LogP contribution < -0.4 is 4.90 Å². The molecule has 1 saturated heterocycles. The topological polar surface area (TPSA) is 53.0 Å². The molecule has 0 aliphatic carbocycles. The number of benzene rings is 1. The molecule has 2 aliphatic heterocycles. The number of hydrogen-bond donors (Lipinski definition) is 1. The Balaban J connectivity index is 1.70. The van der Waals surface area contributed by atoms with Gasteiger partial charge in [-0.3, -0.25) is 9.69 Å². The second-order valence-electron chi connectivity index (χ2n) is 5.74. The van der Waals surface area contributed by atoms with E-state index in [0.717, 1.165) is 56.1 Å². The van der Waals surface area contributed by atoms with Gasteiger partial charge in [0, 0.05) is 38.8 Å². The zero-order chi connectivity index (χ0) is 14.8. The lowest BCUT2D eigenvalue weighted by atomic mass is 10.0. The number of aliphatic hydroxyl groups is 1. The zero-order valence-electron chi connectivity index (χ0n) is 12.4. The van der Waals surface area contributed by atoms with E-state index in [-0.39, 0.29) is 5.91 Å². The number of rotatable bonds is 3. The summed E-state index contributed by atoms with van der Waals surface area (Å²) in [4.78, 5) is 15.6. The maximum absolute atomic E-state index is 11.5. The van der Waals surface area contributed by atoms with Crippen molar-refractivity contribution < 1.29 is 14.6 Å². The van der Waals surface area contributed by atoms with Crippen LogP contribution in [0.25, 0.3) is 0 Å². The minimum absolute atomic E-state index is 0.0790. The second kappa shape index (κ2) is 6.13. The van der Waals surface area contributed by atoms with Crippen molar-refractivity contribution in [3.05, 3.63) is 29.3 Å². The molecule has 21 heavy (non-hydrogen) atoms.